The van der Waals surface area contributed by atoms with E-state index < -0.39 is 9.84 Å². The maximum absolute atomic E-state index is 11.4. The molecule has 1 aromatic heterocycles. The Morgan fingerprint density at radius 2 is 2.19 bits per heavy atom. The van der Waals surface area contributed by atoms with Gasteiger partial charge in [0.2, 0.25) is 5.95 Å². The van der Waals surface area contributed by atoms with E-state index in [0.717, 1.165) is 11.3 Å². The number of hydrogen-bond acceptors (Lipinski definition) is 5. The van der Waals surface area contributed by atoms with Crippen LogP contribution in [0.15, 0.2) is 6.20 Å². The number of hydrogen-bond donors (Lipinski definition) is 1. The second kappa shape index (κ2) is 3.41. The molecule has 0 amide bonds. The zero-order chi connectivity index (χ0) is 11.2. The summed E-state index contributed by atoms with van der Waals surface area (Å²) >= 11 is 0. The number of nitrogens with zero attached hydrogens (tertiary/aromatic N) is 2. The molecule has 5 nitrogen and oxygen atoms in total. The lowest BCUT2D eigenvalue weighted by Gasteiger charge is -2.15. The normalized spacial score (nSPS) is 22.5. The van der Waals surface area contributed by atoms with Crippen molar-refractivity contribution in [2.45, 2.75) is 31.1 Å². The Morgan fingerprint density at radius 1 is 1.38 bits per heavy atom. The molecule has 0 bridgehead atoms. The first-order chi connectivity index (χ1) is 7.62. The second-order valence-corrected chi connectivity index (χ2v) is 6.61. The van der Waals surface area contributed by atoms with E-state index in [4.69, 9.17) is 0 Å². The maximum atomic E-state index is 11.4. The molecule has 1 N–H and O–H groups in total. The largest absolute Gasteiger partial charge is 0.351 e. The lowest BCUT2D eigenvalue weighted by Crippen LogP contribution is -2.21. The number of aryl methyl sites for hydroxylation is 1. The Morgan fingerprint density at radius 3 is 2.94 bits per heavy atom. The topological polar surface area (TPSA) is 72.0 Å². The minimum absolute atomic E-state index is 0.0893. The third-order valence-corrected chi connectivity index (χ3v) is 4.47. The minimum atomic E-state index is -2.92. The van der Waals surface area contributed by atoms with Crippen LogP contribution in [0.3, 0.4) is 0 Å². The molecule has 2 aliphatic rings. The fraction of sp³-hybridized carbons (Fsp3) is 0.600. The molecule has 0 saturated heterocycles. The number of nitrogens with one attached hydrogen (secondary N) is 1. The minimum Gasteiger partial charge on any atom is -0.351 e. The molecule has 1 aromatic rings. The lowest BCUT2D eigenvalue weighted by atomic mass is 10.2. The molecule has 1 aliphatic carbocycles. The summed E-state index contributed by atoms with van der Waals surface area (Å²) in [6, 6.07) is 0.519. The molecule has 86 valence electrons. The summed E-state index contributed by atoms with van der Waals surface area (Å²) < 4.78 is 22.8. The Kier molecular flexibility index (Phi) is 2.14. The van der Waals surface area contributed by atoms with Crippen LogP contribution in [0.4, 0.5) is 5.95 Å². The van der Waals surface area contributed by atoms with E-state index in [1.54, 1.807) is 6.20 Å². The van der Waals surface area contributed by atoms with Gasteiger partial charge in [0.15, 0.2) is 9.84 Å². The first-order valence-electron chi connectivity index (χ1n) is 5.44. The predicted molar refractivity (Wildman–Crippen MR) is 59.9 cm³/mol. The van der Waals surface area contributed by atoms with Gasteiger partial charge >= 0.3 is 0 Å². The number of rotatable bonds is 2. The first kappa shape index (κ1) is 10.0. The van der Waals surface area contributed by atoms with Gasteiger partial charge in [0.05, 0.1) is 17.2 Å². The first-order valence-corrected chi connectivity index (χ1v) is 7.26. The van der Waals surface area contributed by atoms with Gasteiger partial charge in [-0.05, 0) is 12.8 Å². The summed E-state index contributed by atoms with van der Waals surface area (Å²) in [5.41, 5.74) is 1.64. The van der Waals surface area contributed by atoms with Crippen molar-refractivity contribution in [1.29, 1.82) is 0 Å². The predicted octanol–water partition coefficient (Wildman–Crippen LogP) is 0.522. The van der Waals surface area contributed by atoms with Gasteiger partial charge in [0.1, 0.15) is 0 Å². The Hall–Kier alpha value is -1.17. The zero-order valence-electron chi connectivity index (χ0n) is 8.81. The van der Waals surface area contributed by atoms with E-state index in [1.165, 1.54) is 12.8 Å². The van der Waals surface area contributed by atoms with Gasteiger partial charge in [-0.3, -0.25) is 0 Å². The molecular formula is C10H13N3O2S. The Bertz CT molecular complexity index is 523. The molecule has 2 heterocycles. The van der Waals surface area contributed by atoms with Gasteiger partial charge in [-0.25, -0.2) is 18.4 Å². The van der Waals surface area contributed by atoms with Crippen LogP contribution < -0.4 is 5.32 Å². The van der Waals surface area contributed by atoms with Gasteiger partial charge in [-0.15, -0.1) is 0 Å². The smallest absolute Gasteiger partial charge is 0.223 e. The summed E-state index contributed by atoms with van der Waals surface area (Å²) in [6.07, 6.45) is 4.51. The molecule has 16 heavy (non-hydrogen) atoms. The standard InChI is InChI=1S/C10H13N3O2S/c14-16(15)4-3-9-7(6-16)5-11-10(13-9)12-8-1-2-8/h5,8H,1-4,6H2,(H,11,12,13). The van der Waals surface area contributed by atoms with Crippen LogP contribution in [-0.2, 0) is 22.0 Å². The molecular weight excluding hydrogens is 226 g/mol. The zero-order valence-corrected chi connectivity index (χ0v) is 9.63. The van der Waals surface area contributed by atoms with Crippen molar-refractivity contribution < 1.29 is 8.42 Å². The summed E-state index contributed by atoms with van der Waals surface area (Å²) in [4.78, 5) is 8.52. The van der Waals surface area contributed by atoms with Crippen molar-refractivity contribution in [3.8, 4) is 0 Å². The molecule has 0 spiro atoms. The average molecular weight is 239 g/mol. The molecule has 0 radical (unpaired) electrons. The van der Waals surface area contributed by atoms with Crippen LogP contribution in [0, 0.1) is 0 Å². The monoisotopic (exact) mass is 239 g/mol. The fourth-order valence-electron chi connectivity index (χ4n) is 1.82. The van der Waals surface area contributed by atoms with Crippen LogP contribution in [0.5, 0.6) is 0 Å². The van der Waals surface area contributed by atoms with Crippen LogP contribution >= 0.6 is 0 Å². The number of aromatic nitrogens is 2. The van der Waals surface area contributed by atoms with Crippen molar-refractivity contribution in [2.24, 2.45) is 0 Å². The summed E-state index contributed by atoms with van der Waals surface area (Å²) in [5.74, 6) is 0.937. The molecule has 3 rings (SSSR count). The molecule has 1 aliphatic heterocycles. The van der Waals surface area contributed by atoms with Crippen molar-refractivity contribution in [1.82, 2.24) is 9.97 Å². The van der Waals surface area contributed by atoms with Crippen molar-refractivity contribution in [2.75, 3.05) is 11.1 Å². The van der Waals surface area contributed by atoms with E-state index >= 15 is 0 Å². The molecule has 6 heteroatoms. The van der Waals surface area contributed by atoms with Crippen molar-refractivity contribution in [3.05, 3.63) is 17.5 Å². The van der Waals surface area contributed by atoms with Crippen LogP contribution in [0.1, 0.15) is 24.1 Å². The van der Waals surface area contributed by atoms with Gasteiger partial charge in [0.25, 0.3) is 0 Å². The highest BCUT2D eigenvalue weighted by Crippen LogP contribution is 2.24. The van der Waals surface area contributed by atoms with E-state index in [1.807, 2.05) is 0 Å². The number of anilines is 1. The van der Waals surface area contributed by atoms with Crippen molar-refractivity contribution >= 4 is 15.8 Å². The second-order valence-electron chi connectivity index (χ2n) is 4.43. The Labute approximate surface area is 94.2 Å². The third kappa shape index (κ3) is 2.02. The molecule has 1 fully saturated rings. The van der Waals surface area contributed by atoms with Crippen LogP contribution in [0.25, 0.3) is 0 Å². The SMILES string of the molecule is O=S1(=O)CCc2nc(NC3CC3)ncc2C1. The highest BCUT2D eigenvalue weighted by Gasteiger charge is 2.25. The quantitative estimate of drug-likeness (QED) is 0.814. The van der Waals surface area contributed by atoms with Gasteiger partial charge in [-0.1, -0.05) is 0 Å². The molecule has 0 atom stereocenters. The van der Waals surface area contributed by atoms with E-state index in [9.17, 15) is 8.42 Å². The fourth-order valence-corrected chi connectivity index (χ4v) is 3.18. The van der Waals surface area contributed by atoms with E-state index in [-0.39, 0.29) is 11.5 Å². The molecule has 0 unspecified atom stereocenters. The van der Waals surface area contributed by atoms with Gasteiger partial charge in [-0.2, -0.15) is 0 Å². The maximum Gasteiger partial charge on any atom is 0.223 e. The average Bonchev–Trinajstić information content (AvgIpc) is 3.01. The summed E-state index contributed by atoms with van der Waals surface area (Å²) in [5, 5.41) is 3.22. The Balaban J connectivity index is 1.88. The third-order valence-electron chi connectivity index (χ3n) is 2.89. The van der Waals surface area contributed by atoms with E-state index in [2.05, 4.69) is 15.3 Å². The highest BCUT2D eigenvalue weighted by molar-refractivity contribution is 7.90. The highest BCUT2D eigenvalue weighted by atomic mass is 32.2. The van der Waals surface area contributed by atoms with Gasteiger partial charge in [0, 0.05) is 24.2 Å². The van der Waals surface area contributed by atoms with Gasteiger partial charge < -0.3 is 5.32 Å². The number of sulfone groups is 1. The number of fused-ring (bicyclic) bond motifs is 1. The van der Waals surface area contributed by atoms with Crippen LogP contribution in [-0.4, -0.2) is 30.2 Å². The summed E-state index contributed by atoms with van der Waals surface area (Å²) in [6.45, 7) is 0. The van der Waals surface area contributed by atoms with Crippen LogP contribution in [0.2, 0.25) is 0 Å². The van der Waals surface area contributed by atoms with Crippen molar-refractivity contribution in [3.63, 3.8) is 0 Å². The van der Waals surface area contributed by atoms with E-state index in [0.29, 0.717) is 18.4 Å². The molecule has 0 aromatic carbocycles. The lowest BCUT2D eigenvalue weighted by molar-refractivity contribution is 0.590. The summed E-state index contributed by atoms with van der Waals surface area (Å²) in [7, 11) is -2.92. The molecule has 1 saturated carbocycles.